The molecule has 5 rings (SSSR count). The van der Waals surface area contributed by atoms with E-state index in [9.17, 15) is 14.4 Å². The summed E-state index contributed by atoms with van der Waals surface area (Å²) in [6.45, 7) is 7.79. The molecule has 2 aromatic carbocycles. The maximum atomic E-state index is 13.6. The van der Waals surface area contributed by atoms with Gasteiger partial charge in [-0.1, -0.05) is 62.5 Å². The number of hydrogen-bond donors (Lipinski definition) is 1. The van der Waals surface area contributed by atoms with Crippen molar-refractivity contribution in [1.82, 2.24) is 0 Å². The van der Waals surface area contributed by atoms with E-state index >= 15 is 0 Å². The predicted octanol–water partition coefficient (Wildman–Crippen LogP) is 8.07. The van der Waals surface area contributed by atoms with Crippen LogP contribution >= 0.6 is 34.8 Å². The molecular formula is C32H32Cl3NO6. The van der Waals surface area contributed by atoms with Crippen LogP contribution < -0.4 is 14.8 Å². The topological polar surface area (TPSA) is 90.9 Å². The number of hydrogen-bond acceptors (Lipinski definition) is 6. The number of ketones is 2. The van der Waals surface area contributed by atoms with Crippen molar-refractivity contribution in [2.45, 2.75) is 59.3 Å². The zero-order valence-corrected chi connectivity index (χ0v) is 26.4. The van der Waals surface area contributed by atoms with Gasteiger partial charge in [0.15, 0.2) is 29.7 Å². The lowest BCUT2D eigenvalue weighted by Crippen LogP contribution is -2.37. The minimum atomic E-state index is -0.644. The van der Waals surface area contributed by atoms with Crippen molar-refractivity contribution in [3.8, 4) is 11.5 Å². The molecule has 0 radical (unpaired) electrons. The quantitative estimate of drug-likeness (QED) is 0.346. The number of amides is 1. The Balaban J connectivity index is 1.49. The fourth-order valence-corrected chi connectivity index (χ4v) is 6.53. The lowest BCUT2D eigenvalue weighted by Gasteiger charge is -2.42. The number of rotatable bonds is 6. The Labute approximate surface area is 260 Å². The predicted molar refractivity (Wildman–Crippen MR) is 163 cm³/mol. The van der Waals surface area contributed by atoms with Crippen LogP contribution in [0.3, 0.4) is 0 Å². The maximum absolute atomic E-state index is 13.6. The summed E-state index contributed by atoms with van der Waals surface area (Å²) in [5, 5.41) is 3.55. The van der Waals surface area contributed by atoms with Crippen LogP contribution in [0.15, 0.2) is 53.0 Å². The fraction of sp³-hybridized carbons (Fsp3) is 0.406. The normalized spacial score (nSPS) is 19.6. The van der Waals surface area contributed by atoms with Gasteiger partial charge in [-0.15, -0.1) is 0 Å². The van der Waals surface area contributed by atoms with Crippen LogP contribution in [0.25, 0.3) is 0 Å². The number of carbonyl (C=O) groups excluding carboxylic acids is 3. The Bertz CT molecular complexity index is 1520. The van der Waals surface area contributed by atoms with Gasteiger partial charge in [0.05, 0.1) is 22.2 Å². The van der Waals surface area contributed by atoms with Gasteiger partial charge in [-0.05, 0) is 46.7 Å². The van der Waals surface area contributed by atoms with Gasteiger partial charge in [0.25, 0.3) is 5.91 Å². The number of anilines is 1. The van der Waals surface area contributed by atoms with Crippen molar-refractivity contribution in [3.63, 3.8) is 0 Å². The Morgan fingerprint density at radius 2 is 1.48 bits per heavy atom. The van der Waals surface area contributed by atoms with Gasteiger partial charge in [0.2, 0.25) is 0 Å². The molecular weight excluding hydrogens is 601 g/mol. The first kappa shape index (κ1) is 30.5. The SMILES string of the molecule is COc1cc(C2C3=C(CC(C)(C)CC3=O)OC3=C2C(=O)CC(C)(C)C3)cc(Cl)c1OCC(=O)Nc1ccc(Cl)c(Cl)c1. The number of halogens is 3. The van der Waals surface area contributed by atoms with Gasteiger partial charge in [0.1, 0.15) is 11.5 Å². The van der Waals surface area contributed by atoms with Crippen LogP contribution in [-0.2, 0) is 19.1 Å². The molecule has 2 aromatic rings. The van der Waals surface area contributed by atoms with Crippen LogP contribution in [0.1, 0.15) is 64.9 Å². The number of carbonyl (C=O) groups is 3. The van der Waals surface area contributed by atoms with E-state index in [1.54, 1.807) is 24.3 Å². The molecule has 0 aromatic heterocycles. The van der Waals surface area contributed by atoms with Gasteiger partial charge >= 0.3 is 0 Å². The van der Waals surface area contributed by atoms with Crippen molar-refractivity contribution < 1.29 is 28.6 Å². The van der Waals surface area contributed by atoms with Crippen LogP contribution in [0.4, 0.5) is 5.69 Å². The van der Waals surface area contributed by atoms with Crippen LogP contribution in [-0.4, -0.2) is 31.2 Å². The first-order chi connectivity index (χ1) is 19.7. The Morgan fingerprint density at radius 1 is 0.881 bits per heavy atom. The van der Waals surface area contributed by atoms with E-state index in [2.05, 4.69) is 5.32 Å². The zero-order valence-electron chi connectivity index (χ0n) is 24.1. The molecule has 0 atom stereocenters. The third-order valence-electron chi connectivity index (χ3n) is 7.72. The molecule has 0 spiro atoms. The molecule has 0 bridgehead atoms. The molecule has 1 amide bonds. The van der Waals surface area contributed by atoms with Crippen LogP contribution in [0, 0.1) is 10.8 Å². The smallest absolute Gasteiger partial charge is 0.262 e. The molecule has 0 saturated carbocycles. The third-order valence-corrected chi connectivity index (χ3v) is 8.74. The molecule has 7 nitrogen and oxygen atoms in total. The largest absolute Gasteiger partial charge is 0.493 e. The number of methoxy groups -OCH3 is 1. The summed E-state index contributed by atoms with van der Waals surface area (Å²) >= 11 is 18.7. The highest BCUT2D eigenvalue weighted by Gasteiger charge is 2.48. The summed E-state index contributed by atoms with van der Waals surface area (Å²) in [6, 6.07) is 8.11. The van der Waals surface area contributed by atoms with E-state index in [1.165, 1.54) is 13.2 Å². The summed E-state index contributed by atoms with van der Waals surface area (Å²) in [7, 11) is 1.46. The molecule has 0 fully saturated rings. The lowest BCUT2D eigenvalue weighted by molar-refractivity contribution is -0.120. The molecule has 42 heavy (non-hydrogen) atoms. The van der Waals surface area contributed by atoms with Gasteiger partial charge in [0, 0.05) is 48.4 Å². The number of ether oxygens (including phenoxy) is 3. The summed E-state index contributed by atoms with van der Waals surface area (Å²) < 4.78 is 17.8. The molecule has 0 saturated heterocycles. The summed E-state index contributed by atoms with van der Waals surface area (Å²) in [6.07, 6.45) is 1.84. The number of nitrogens with one attached hydrogen (secondary N) is 1. The van der Waals surface area contributed by atoms with Crippen molar-refractivity contribution in [3.05, 3.63) is 73.6 Å². The van der Waals surface area contributed by atoms with E-state index < -0.39 is 11.8 Å². The number of Topliss-reactive ketones (excluding diaryl/α,β-unsaturated/α-hetero) is 2. The monoisotopic (exact) mass is 631 g/mol. The van der Waals surface area contributed by atoms with Gasteiger partial charge < -0.3 is 19.5 Å². The summed E-state index contributed by atoms with van der Waals surface area (Å²) in [5.74, 6) is 0.455. The minimum absolute atomic E-state index is 0.0511. The lowest BCUT2D eigenvalue weighted by atomic mass is 9.65. The zero-order chi connectivity index (χ0) is 30.6. The number of benzene rings is 2. The van der Waals surface area contributed by atoms with Gasteiger partial charge in [-0.2, -0.15) is 0 Å². The van der Waals surface area contributed by atoms with E-state index in [4.69, 9.17) is 49.0 Å². The minimum Gasteiger partial charge on any atom is -0.493 e. The second-order valence-electron chi connectivity index (χ2n) is 12.6. The van der Waals surface area contributed by atoms with Crippen LogP contribution in [0.2, 0.25) is 15.1 Å². The molecule has 1 aliphatic heterocycles. The Hall–Kier alpha value is -3.00. The standard InChI is InChI=1S/C32H32Cl3NO6/c1-31(2)11-21(37)28-24(13-31)42-25-14-32(3,4)12-22(38)29(25)27(28)16-8-20(35)30(23(9-16)40-5)41-15-26(39)36-17-6-7-18(33)19(34)10-17/h6-10,27H,11-15H2,1-5H3,(H,36,39). The molecule has 2 aliphatic carbocycles. The highest BCUT2D eigenvalue weighted by atomic mass is 35.5. The first-order valence-electron chi connectivity index (χ1n) is 13.6. The van der Waals surface area contributed by atoms with Crippen LogP contribution in [0.5, 0.6) is 11.5 Å². The van der Waals surface area contributed by atoms with Crippen molar-refractivity contribution in [1.29, 1.82) is 0 Å². The first-order valence-corrected chi connectivity index (χ1v) is 14.8. The van der Waals surface area contributed by atoms with Gasteiger partial charge in [-0.25, -0.2) is 0 Å². The van der Waals surface area contributed by atoms with Crippen molar-refractivity contribution in [2.24, 2.45) is 10.8 Å². The Morgan fingerprint density at radius 3 is 2.02 bits per heavy atom. The van der Waals surface area contributed by atoms with E-state index in [1.807, 2.05) is 27.7 Å². The van der Waals surface area contributed by atoms with E-state index in [0.717, 1.165) is 0 Å². The molecule has 222 valence electrons. The molecule has 10 heteroatoms. The maximum Gasteiger partial charge on any atom is 0.262 e. The average molecular weight is 633 g/mol. The highest BCUT2D eigenvalue weighted by molar-refractivity contribution is 6.42. The van der Waals surface area contributed by atoms with Crippen molar-refractivity contribution >= 4 is 58.0 Å². The fourth-order valence-electron chi connectivity index (χ4n) is 5.96. The second-order valence-corrected chi connectivity index (χ2v) is 13.8. The van der Waals surface area contributed by atoms with Crippen molar-refractivity contribution in [2.75, 3.05) is 19.0 Å². The van der Waals surface area contributed by atoms with Gasteiger partial charge in [-0.3, -0.25) is 14.4 Å². The highest BCUT2D eigenvalue weighted by Crippen LogP contribution is 2.54. The van der Waals surface area contributed by atoms with E-state index in [-0.39, 0.29) is 45.5 Å². The second kappa shape index (κ2) is 11.3. The van der Waals surface area contributed by atoms with E-state index in [0.29, 0.717) is 69.6 Å². The molecule has 3 aliphatic rings. The Kier molecular flexibility index (Phi) is 8.16. The third kappa shape index (κ3) is 6.05. The average Bonchev–Trinajstić information content (AvgIpc) is 2.87. The summed E-state index contributed by atoms with van der Waals surface area (Å²) in [5.41, 5.74) is 1.53. The molecule has 1 N–H and O–H groups in total. The molecule has 0 unspecified atom stereocenters. The number of allylic oxidation sites excluding steroid dienone is 4. The molecule has 1 heterocycles. The summed E-state index contributed by atoms with van der Waals surface area (Å²) in [4.78, 5) is 39.8.